The van der Waals surface area contributed by atoms with Gasteiger partial charge in [-0.1, -0.05) is 25.8 Å². The van der Waals surface area contributed by atoms with Gasteiger partial charge < -0.3 is 14.9 Å². The number of aryl methyl sites for hydroxylation is 1. The minimum Gasteiger partial charge on any atom is -0.507 e. The van der Waals surface area contributed by atoms with Crippen LogP contribution in [0.4, 0.5) is 0 Å². The highest BCUT2D eigenvalue weighted by molar-refractivity contribution is 7.80. The van der Waals surface area contributed by atoms with Gasteiger partial charge in [0, 0.05) is 41.7 Å². The molecule has 170 valence electrons. The zero-order valence-electron chi connectivity index (χ0n) is 18.5. The number of rotatable bonds is 9. The number of benzene rings is 1. The Bertz CT molecular complexity index is 879. The maximum absolute atomic E-state index is 12.8. The molecule has 1 aromatic rings. The van der Waals surface area contributed by atoms with Crippen LogP contribution in [-0.2, 0) is 16.0 Å². The molecule has 0 bridgehead atoms. The summed E-state index contributed by atoms with van der Waals surface area (Å²) in [5.41, 5.74) is 1.75. The smallest absolute Gasteiger partial charge is 0.321 e. The molecule has 0 saturated heterocycles. The van der Waals surface area contributed by atoms with Crippen LogP contribution >= 0.6 is 12.6 Å². The third-order valence-corrected chi connectivity index (χ3v) is 6.81. The van der Waals surface area contributed by atoms with Gasteiger partial charge >= 0.3 is 5.97 Å². The van der Waals surface area contributed by atoms with Gasteiger partial charge in [-0.3, -0.25) is 14.9 Å². The molecular weight excluding hydrogens is 414 g/mol. The van der Waals surface area contributed by atoms with Crippen molar-refractivity contribution in [2.75, 3.05) is 12.3 Å². The number of carboxylic acids is 1. The predicted octanol–water partition coefficient (Wildman–Crippen LogP) is 3.87. The van der Waals surface area contributed by atoms with Crippen LogP contribution in [0.2, 0.25) is 0 Å². The van der Waals surface area contributed by atoms with Gasteiger partial charge in [0.05, 0.1) is 0 Å². The van der Waals surface area contributed by atoms with E-state index in [1.807, 2.05) is 32.1 Å². The normalized spacial score (nSPS) is 22.7. The number of aromatic hydroxyl groups is 1. The molecule has 3 atom stereocenters. The Labute approximate surface area is 189 Å². The number of carboxylic acid groups (broad SMARTS) is 1. The van der Waals surface area contributed by atoms with Crippen LogP contribution in [0.25, 0.3) is 0 Å². The number of Topliss-reactive ketones (excluding diaryl/α,β-unsaturated/α-hetero) is 1. The largest absolute Gasteiger partial charge is 0.507 e. The molecule has 0 amide bonds. The minimum atomic E-state index is -0.998. The van der Waals surface area contributed by atoms with Gasteiger partial charge in [-0.2, -0.15) is 12.6 Å². The first kappa shape index (κ1) is 23.7. The standard InChI is InChI=1S/C24H33NO5S/c1-4-5-6-7-14-8-20(27)22-16-10-15(12-25-18(13-31)23(28)29)19(26)11-17(16)24(2,3)30-21(22)9-14/h8-10,16-18,25,27,31H,4-7,11-13H2,1-3H3,(H,28,29)/t16-,17-,18?/m1/s1. The Kier molecular flexibility index (Phi) is 7.37. The van der Waals surface area contributed by atoms with Gasteiger partial charge in [0.15, 0.2) is 5.78 Å². The number of aliphatic carboxylic acids is 1. The van der Waals surface area contributed by atoms with Crippen molar-refractivity contribution in [2.45, 2.75) is 70.4 Å². The Morgan fingerprint density at radius 2 is 2.10 bits per heavy atom. The third kappa shape index (κ3) is 5.09. The van der Waals surface area contributed by atoms with Gasteiger partial charge in [0.1, 0.15) is 23.1 Å². The van der Waals surface area contributed by atoms with E-state index in [2.05, 4.69) is 24.9 Å². The molecule has 3 rings (SSSR count). The quantitative estimate of drug-likeness (QED) is 0.339. The number of unbranched alkanes of at least 4 members (excludes halogenated alkanes) is 2. The molecular formula is C24H33NO5S. The van der Waals surface area contributed by atoms with Gasteiger partial charge in [-0.25, -0.2) is 0 Å². The van der Waals surface area contributed by atoms with Crippen LogP contribution < -0.4 is 10.1 Å². The van der Waals surface area contributed by atoms with E-state index in [1.54, 1.807) is 0 Å². The van der Waals surface area contributed by atoms with Gasteiger partial charge in [-0.15, -0.1) is 0 Å². The second kappa shape index (κ2) is 9.65. The monoisotopic (exact) mass is 447 g/mol. The fourth-order valence-corrected chi connectivity index (χ4v) is 4.92. The molecule has 6 nitrogen and oxygen atoms in total. The molecule has 3 N–H and O–H groups in total. The summed E-state index contributed by atoms with van der Waals surface area (Å²) in [5, 5.41) is 23.0. The molecule has 1 aliphatic heterocycles. The van der Waals surface area contributed by atoms with Crippen LogP contribution in [0.15, 0.2) is 23.8 Å². The van der Waals surface area contributed by atoms with E-state index in [4.69, 9.17) is 4.74 Å². The van der Waals surface area contributed by atoms with Crippen LogP contribution in [0.3, 0.4) is 0 Å². The fourth-order valence-electron chi connectivity index (χ4n) is 4.64. The average molecular weight is 448 g/mol. The van der Waals surface area contributed by atoms with Gasteiger partial charge in [-0.05, 0) is 44.4 Å². The van der Waals surface area contributed by atoms with Crippen molar-refractivity contribution in [1.29, 1.82) is 0 Å². The number of fused-ring (bicyclic) bond motifs is 3. The molecule has 1 heterocycles. The van der Waals surface area contributed by atoms with Crippen LogP contribution in [0.1, 0.15) is 63.5 Å². The van der Waals surface area contributed by atoms with E-state index in [9.17, 15) is 19.8 Å². The number of carbonyl (C=O) groups excluding carboxylic acids is 1. The Morgan fingerprint density at radius 3 is 2.74 bits per heavy atom. The van der Waals surface area contributed by atoms with Gasteiger partial charge in [0.2, 0.25) is 0 Å². The SMILES string of the molecule is CCCCCc1cc(O)c2c(c1)OC(C)(C)[C@@H]1CC(=O)C(CNC(CS)C(=O)O)=C[C@@H]21. The number of hydrogen-bond donors (Lipinski definition) is 4. The van der Waals surface area contributed by atoms with Crippen molar-refractivity contribution in [1.82, 2.24) is 5.32 Å². The first-order valence-electron chi connectivity index (χ1n) is 11.0. The summed E-state index contributed by atoms with van der Waals surface area (Å²) in [7, 11) is 0. The first-order valence-corrected chi connectivity index (χ1v) is 11.7. The summed E-state index contributed by atoms with van der Waals surface area (Å²) in [5.74, 6) is -0.282. The van der Waals surface area contributed by atoms with E-state index in [0.717, 1.165) is 36.8 Å². The van der Waals surface area contributed by atoms with Crippen molar-refractivity contribution in [3.63, 3.8) is 0 Å². The van der Waals surface area contributed by atoms with Crippen molar-refractivity contribution in [3.05, 3.63) is 34.9 Å². The summed E-state index contributed by atoms with van der Waals surface area (Å²) in [6, 6.07) is 3.01. The minimum absolute atomic E-state index is 0.0205. The summed E-state index contributed by atoms with van der Waals surface area (Å²) in [6.45, 7) is 6.29. The summed E-state index contributed by atoms with van der Waals surface area (Å²) in [4.78, 5) is 24.1. The van der Waals surface area contributed by atoms with E-state index in [-0.39, 0.29) is 35.7 Å². The maximum atomic E-state index is 12.8. The van der Waals surface area contributed by atoms with Crippen molar-refractivity contribution in [2.24, 2.45) is 5.92 Å². The highest BCUT2D eigenvalue weighted by Crippen LogP contribution is 2.52. The highest BCUT2D eigenvalue weighted by Gasteiger charge is 2.47. The Morgan fingerprint density at radius 1 is 1.35 bits per heavy atom. The third-order valence-electron chi connectivity index (χ3n) is 6.45. The lowest BCUT2D eigenvalue weighted by Gasteiger charge is -2.46. The topological polar surface area (TPSA) is 95.9 Å². The molecule has 2 aliphatic rings. The number of thiol groups is 1. The second-order valence-corrected chi connectivity index (χ2v) is 9.46. The summed E-state index contributed by atoms with van der Waals surface area (Å²) < 4.78 is 6.30. The highest BCUT2D eigenvalue weighted by atomic mass is 32.1. The Balaban J connectivity index is 1.93. The van der Waals surface area contributed by atoms with Crippen molar-refractivity contribution in [3.8, 4) is 11.5 Å². The number of nitrogens with one attached hydrogen (secondary N) is 1. The number of phenols is 1. The molecule has 0 aromatic heterocycles. The van der Waals surface area contributed by atoms with E-state index >= 15 is 0 Å². The lowest BCUT2D eigenvalue weighted by Crippen LogP contribution is -2.48. The predicted molar refractivity (Wildman–Crippen MR) is 123 cm³/mol. The zero-order chi connectivity index (χ0) is 22.8. The fraction of sp³-hybridized carbons (Fsp3) is 0.583. The molecule has 7 heteroatoms. The molecule has 1 aliphatic carbocycles. The first-order chi connectivity index (χ1) is 14.7. The number of hydrogen-bond acceptors (Lipinski definition) is 6. The molecule has 1 aromatic carbocycles. The molecule has 0 saturated carbocycles. The van der Waals surface area contributed by atoms with E-state index in [0.29, 0.717) is 17.7 Å². The number of allylic oxidation sites excluding steroid dienone is 1. The summed E-state index contributed by atoms with van der Waals surface area (Å²) in [6.07, 6.45) is 6.40. The van der Waals surface area contributed by atoms with Gasteiger partial charge in [0.25, 0.3) is 0 Å². The lowest BCUT2D eigenvalue weighted by molar-refractivity contribution is -0.138. The molecule has 31 heavy (non-hydrogen) atoms. The molecule has 0 fully saturated rings. The molecule has 0 spiro atoms. The van der Waals surface area contributed by atoms with Crippen LogP contribution in [0.5, 0.6) is 11.5 Å². The number of ketones is 1. The lowest BCUT2D eigenvalue weighted by atomic mass is 9.67. The van der Waals surface area contributed by atoms with Crippen molar-refractivity contribution < 1.29 is 24.5 Å². The number of carbonyl (C=O) groups is 2. The van der Waals surface area contributed by atoms with E-state index in [1.165, 1.54) is 0 Å². The zero-order valence-corrected chi connectivity index (χ0v) is 19.4. The maximum Gasteiger partial charge on any atom is 0.321 e. The summed E-state index contributed by atoms with van der Waals surface area (Å²) >= 11 is 4.07. The van der Waals surface area contributed by atoms with E-state index < -0.39 is 17.6 Å². The Hall–Kier alpha value is -1.99. The average Bonchev–Trinajstić information content (AvgIpc) is 2.68. The number of ether oxygens (including phenoxy) is 1. The van der Waals surface area contributed by atoms with Crippen molar-refractivity contribution >= 4 is 24.4 Å². The van der Waals surface area contributed by atoms with Crippen LogP contribution in [0, 0.1) is 5.92 Å². The molecule has 0 radical (unpaired) electrons. The second-order valence-electron chi connectivity index (χ2n) is 9.10. The number of phenolic OH excluding ortho intramolecular Hbond substituents is 1. The van der Waals surface area contributed by atoms with Crippen LogP contribution in [-0.4, -0.2) is 45.9 Å². The molecule has 1 unspecified atom stereocenters.